The van der Waals surface area contributed by atoms with Gasteiger partial charge >= 0.3 is 0 Å². The van der Waals surface area contributed by atoms with E-state index in [1.807, 2.05) is 6.92 Å². The number of aliphatic hydroxyl groups excluding tert-OH is 1. The van der Waals surface area contributed by atoms with E-state index in [1.165, 1.54) is 12.1 Å². The summed E-state index contributed by atoms with van der Waals surface area (Å²) in [6.07, 6.45) is 1.24. The molecule has 0 aliphatic carbocycles. The zero-order valence-corrected chi connectivity index (χ0v) is 11.0. The highest BCUT2D eigenvalue weighted by Crippen LogP contribution is 2.19. The predicted octanol–water partition coefficient (Wildman–Crippen LogP) is 2.30. The van der Waals surface area contributed by atoms with Crippen molar-refractivity contribution in [3.8, 4) is 0 Å². The minimum Gasteiger partial charge on any atom is -0.396 e. The number of carbonyl (C=O) groups excluding carboxylic acids is 1. The highest BCUT2D eigenvalue weighted by Gasteiger charge is 2.13. The van der Waals surface area contributed by atoms with Gasteiger partial charge in [0.05, 0.1) is 6.42 Å². The van der Waals surface area contributed by atoms with Gasteiger partial charge in [-0.2, -0.15) is 0 Å². The molecule has 18 heavy (non-hydrogen) atoms. The largest absolute Gasteiger partial charge is 0.396 e. The van der Waals surface area contributed by atoms with Crippen molar-refractivity contribution in [2.75, 3.05) is 6.61 Å². The van der Waals surface area contributed by atoms with Crippen molar-refractivity contribution in [2.45, 2.75) is 32.2 Å². The molecule has 0 spiro atoms. The Hall–Kier alpha value is -1.13. The number of amides is 1. The second kappa shape index (κ2) is 7.34. The van der Waals surface area contributed by atoms with E-state index in [1.54, 1.807) is 6.07 Å². The Kier molecular flexibility index (Phi) is 6.09. The van der Waals surface area contributed by atoms with Crippen molar-refractivity contribution in [3.05, 3.63) is 34.6 Å². The van der Waals surface area contributed by atoms with E-state index in [-0.39, 0.29) is 35.6 Å². The molecule has 0 radical (unpaired) electrons. The summed E-state index contributed by atoms with van der Waals surface area (Å²) in [5.74, 6) is -0.742. The predicted molar refractivity (Wildman–Crippen MR) is 69.0 cm³/mol. The fraction of sp³-hybridized carbons (Fsp3) is 0.462. The molecule has 5 heteroatoms. The maximum Gasteiger partial charge on any atom is 0.224 e. The number of hydrogen-bond acceptors (Lipinski definition) is 2. The molecular formula is C13H17ClFNO2. The normalized spacial score (nSPS) is 12.2. The van der Waals surface area contributed by atoms with Crippen LogP contribution in [-0.2, 0) is 11.2 Å². The van der Waals surface area contributed by atoms with Gasteiger partial charge in [-0.1, -0.05) is 17.7 Å². The molecule has 0 aromatic heterocycles. The summed E-state index contributed by atoms with van der Waals surface area (Å²) in [4.78, 5) is 11.7. The Balaban J connectivity index is 2.54. The Morgan fingerprint density at radius 2 is 2.28 bits per heavy atom. The van der Waals surface area contributed by atoms with Crippen LogP contribution in [0.5, 0.6) is 0 Å². The molecule has 1 unspecified atom stereocenters. The maximum atomic E-state index is 13.5. The quantitative estimate of drug-likeness (QED) is 0.836. The third-order valence-electron chi connectivity index (χ3n) is 2.60. The van der Waals surface area contributed by atoms with Crippen molar-refractivity contribution in [3.63, 3.8) is 0 Å². The minimum atomic E-state index is -0.472. The first-order chi connectivity index (χ1) is 8.54. The molecule has 0 aliphatic heterocycles. The van der Waals surface area contributed by atoms with Crippen LogP contribution < -0.4 is 5.32 Å². The van der Waals surface area contributed by atoms with Gasteiger partial charge < -0.3 is 10.4 Å². The zero-order chi connectivity index (χ0) is 13.5. The van der Waals surface area contributed by atoms with E-state index >= 15 is 0 Å². The molecule has 1 atom stereocenters. The fourth-order valence-corrected chi connectivity index (χ4v) is 1.89. The van der Waals surface area contributed by atoms with Crippen LogP contribution in [0.4, 0.5) is 4.39 Å². The van der Waals surface area contributed by atoms with Gasteiger partial charge in [0, 0.05) is 23.2 Å². The molecule has 1 aromatic carbocycles. The number of nitrogens with one attached hydrogen (secondary N) is 1. The molecule has 1 amide bonds. The average Bonchev–Trinajstić information content (AvgIpc) is 2.31. The number of halogens is 2. The van der Waals surface area contributed by atoms with Crippen LogP contribution in [0.15, 0.2) is 18.2 Å². The molecule has 0 aliphatic rings. The molecule has 0 heterocycles. The summed E-state index contributed by atoms with van der Waals surface area (Å²) in [6.45, 7) is 1.94. The molecule has 0 saturated heterocycles. The van der Waals surface area contributed by atoms with Crippen LogP contribution in [0.1, 0.15) is 25.3 Å². The summed E-state index contributed by atoms with van der Waals surface area (Å²) in [7, 11) is 0. The lowest BCUT2D eigenvalue weighted by atomic mass is 10.1. The summed E-state index contributed by atoms with van der Waals surface area (Å²) < 4.78 is 13.5. The number of aliphatic hydroxyl groups is 1. The molecular weight excluding hydrogens is 257 g/mol. The van der Waals surface area contributed by atoms with E-state index in [4.69, 9.17) is 16.7 Å². The van der Waals surface area contributed by atoms with Crippen LogP contribution in [0.2, 0.25) is 5.02 Å². The molecule has 1 aromatic rings. The highest BCUT2D eigenvalue weighted by molar-refractivity contribution is 6.31. The topological polar surface area (TPSA) is 49.3 Å². The number of carbonyl (C=O) groups is 1. The van der Waals surface area contributed by atoms with Crippen molar-refractivity contribution in [1.29, 1.82) is 0 Å². The standard InChI is InChI=1S/C13H17ClFNO2/c1-9(4-3-7-17)16-13(18)8-10-11(14)5-2-6-12(10)15/h2,5-6,9,17H,3-4,7-8H2,1H3,(H,16,18). The van der Waals surface area contributed by atoms with Gasteiger partial charge in [0.15, 0.2) is 0 Å². The molecule has 3 nitrogen and oxygen atoms in total. The van der Waals surface area contributed by atoms with Gasteiger partial charge in [0.2, 0.25) is 5.91 Å². The lowest BCUT2D eigenvalue weighted by molar-refractivity contribution is -0.121. The van der Waals surface area contributed by atoms with Crippen LogP contribution in [0.3, 0.4) is 0 Å². The third-order valence-corrected chi connectivity index (χ3v) is 2.96. The van der Waals surface area contributed by atoms with Gasteiger partial charge in [0.25, 0.3) is 0 Å². The molecule has 100 valence electrons. The van der Waals surface area contributed by atoms with Crippen molar-refractivity contribution in [2.24, 2.45) is 0 Å². The molecule has 0 bridgehead atoms. The second-order valence-electron chi connectivity index (χ2n) is 4.21. The van der Waals surface area contributed by atoms with Gasteiger partial charge in [-0.3, -0.25) is 4.79 Å². The summed E-state index contributed by atoms with van der Waals surface area (Å²) >= 11 is 5.84. The Morgan fingerprint density at radius 3 is 2.89 bits per heavy atom. The number of hydrogen-bond donors (Lipinski definition) is 2. The number of rotatable bonds is 6. The monoisotopic (exact) mass is 273 g/mol. The smallest absolute Gasteiger partial charge is 0.224 e. The van der Waals surface area contributed by atoms with Crippen LogP contribution >= 0.6 is 11.6 Å². The summed E-state index contributed by atoms with van der Waals surface area (Å²) in [5, 5.41) is 11.7. The van der Waals surface area contributed by atoms with Crippen molar-refractivity contribution < 1.29 is 14.3 Å². The first kappa shape index (κ1) is 14.9. The van der Waals surface area contributed by atoms with Gasteiger partial charge in [-0.15, -0.1) is 0 Å². The van der Waals surface area contributed by atoms with E-state index in [0.29, 0.717) is 12.8 Å². The zero-order valence-electron chi connectivity index (χ0n) is 10.2. The van der Waals surface area contributed by atoms with Gasteiger partial charge in [0.1, 0.15) is 5.82 Å². The fourth-order valence-electron chi connectivity index (χ4n) is 1.66. The van der Waals surface area contributed by atoms with E-state index in [9.17, 15) is 9.18 Å². The lowest BCUT2D eigenvalue weighted by Crippen LogP contribution is -2.34. The van der Waals surface area contributed by atoms with Crippen LogP contribution in [-0.4, -0.2) is 23.7 Å². The Bertz CT molecular complexity index is 392. The average molecular weight is 274 g/mol. The third kappa shape index (κ3) is 4.63. The minimum absolute atomic E-state index is 0.0461. The molecule has 1 rings (SSSR count). The summed E-state index contributed by atoms with van der Waals surface area (Å²) in [6, 6.07) is 4.30. The van der Waals surface area contributed by atoms with Gasteiger partial charge in [-0.05, 0) is 31.9 Å². The molecule has 0 saturated carbocycles. The highest BCUT2D eigenvalue weighted by atomic mass is 35.5. The summed E-state index contributed by atoms with van der Waals surface area (Å²) in [5.41, 5.74) is 0.214. The van der Waals surface area contributed by atoms with E-state index in [2.05, 4.69) is 5.32 Å². The number of benzene rings is 1. The van der Waals surface area contributed by atoms with Crippen LogP contribution in [0, 0.1) is 5.82 Å². The van der Waals surface area contributed by atoms with E-state index in [0.717, 1.165) is 0 Å². The van der Waals surface area contributed by atoms with Gasteiger partial charge in [-0.25, -0.2) is 4.39 Å². The first-order valence-corrected chi connectivity index (χ1v) is 6.25. The van der Waals surface area contributed by atoms with Crippen molar-refractivity contribution in [1.82, 2.24) is 5.32 Å². The molecule has 0 fully saturated rings. The SMILES string of the molecule is CC(CCCO)NC(=O)Cc1c(F)cccc1Cl. The maximum absolute atomic E-state index is 13.5. The first-order valence-electron chi connectivity index (χ1n) is 5.87. The Labute approximate surface area is 111 Å². The van der Waals surface area contributed by atoms with Crippen molar-refractivity contribution >= 4 is 17.5 Å². The molecule has 2 N–H and O–H groups in total. The van der Waals surface area contributed by atoms with Crippen LogP contribution in [0.25, 0.3) is 0 Å². The Morgan fingerprint density at radius 1 is 1.56 bits per heavy atom. The second-order valence-corrected chi connectivity index (χ2v) is 4.62. The van der Waals surface area contributed by atoms with E-state index < -0.39 is 5.82 Å². The lowest BCUT2D eigenvalue weighted by Gasteiger charge is -2.13.